The van der Waals surface area contributed by atoms with Crippen LogP contribution in [-0.4, -0.2) is 37.1 Å². The molecule has 1 aliphatic heterocycles. The Balaban J connectivity index is 1.23. The quantitative estimate of drug-likeness (QED) is 0.499. The monoisotopic (exact) mass is 473 g/mol. The zero-order valence-corrected chi connectivity index (χ0v) is 19.3. The van der Waals surface area contributed by atoms with Gasteiger partial charge in [0.25, 0.3) is 0 Å². The maximum absolute atomic E-state index is 12.4. The Labute approximate surface area is 197 Å². The second-order valence-electron chi connectivity index (χ2n) is 7.77. The molecule has 8 heteroatoms. The van der Waals surface area contributed by atoms with E-state index in [9.17, 15) is 4.79 Å². The molecular weight excluding hydrogens is 449 g/mol. The van der Waals surface area contributed by atoms with E-state index in [1.807, 2.05) is 12.1 Å². The van der Waals surface area contributed by atoms with Crippen molar-refractivity contribution in [3.63, 3.8) is 0 Å². The third kappa shape index (κ3) is 5.56. The van der Waals surface area contributed by atoms with Gasteiger partial charge in [-0.15, -0.1) is 0 Å². The number of ether oxygens (including phenoxy) is 1. The lowest BCUT2D eigenvalue weighted by Crippen LogP contribution is -2.44. The third-order valence-electron chi connectivity index (χ3n) is 5.61. The number of benzene rings is 2. The van der Waals surface area contributed by atoms with Crippen molar-refractivity contribution in [2.75, 3.05) is 25.1 Å². The lowest BCUT2D eigenvalue weighted by molar-refractivity contribution is -0.122. The van der Waals surface area contributed by atoms with E-state index in [0.29, 0.717) is 34.5 Å². The van der Waals surface area contributed by atoms with Gasteiger partial charge in [0.2, 0.25) is 5.91 Å². The average molecular weight is 474 g/mol. The van der Waals surface area contributed by atoms with Gasteiger partial charge < -0.3 is 19.4 Å². The number of carbonyl (C=O) groups is 1. The van der Waals surface area contributed by atoms with Crippen LogP contribution >= 0.6 is 23.2 Å². The SMILES string of the molecule is COc1ccc(N2CCC(NC(=O)CCc3ncc(-c4ccc(Cl)cc4Cl)o3)CC2)cc1. The number of hydrogen-bond acceptors (Lipinski definition) is 5. The summed E-state index contributed by atoms with van der Waals surface area (Å²) in [5.74, 6) is 1.94. The number of aromatic nitrogens is 1. The van der Waals surface area contributed by atoms with E-state index < -0.39 is 0 Å². The highest BCUT2D eigenvalue weighted by Crippen LogP contribution is 2.31. The number of amides is 1. The molecule has 4 rings (SSSR count). The number of carbonyl (C=O) groups excluding carboxylic acids is 1. The number of halogens is 2. The normalized spacial score (nSPS) is 14.4. The summed E-state index contributed by atoms with van der Waals surface area (Å²) in [7, 11) is 1.67. The molecule has 0 spiro atoms. The molecule has 1 amide bonds. The van der Waals surface area contributed by atoms with Crippen molar-refractivity contribution in [1.82, 2.24) is 10.3 Å². The predicted molar refractivity (Wildman–Crippen MR) is 127 cm³/mol. The van der Waals surface area contributed by atoms with Crippen LogP contribution in [0.5, 0.6) is 5.75 Å². The number of aryl methyl sites for hydroxylation is 1. The van der Waals surface area contributed by atoms with Gasteiger partial charge in [-0.2, -0.15) is 0 Å². The number of rotatable bonds is 7. The highest BCUT2D eigenvalue weighted by molar-refractivity contribution is 6.36. The molecule has 0 unspecified atom stereocenters. The summed E-state index contributed by atoms with van der Waals surface area (Å²) >= 11 is 12.2. The Bertz CT molecular complexity index is 1060. The zero-order chi connectivity index (χ0) is 22.5. The smallest absolute Gasteiger partial charge is 0.220 e. The summed E-state index contributed by atoms with van der Waals surface area (Å²) < 4.78 is 11.0. The minimum Gasteiger partial charge on any atom is -0.497 e. The number of oxazole rings is 1. The number of hydrogen-bond donors (Lipinski definition) is 1. The topological polar surface area (TPSA) is 67.6 Å². The fourth-order valence-electron chi connectivity index (χ4n) is 3.84. The number of nitrogens with one attached hydrogen (secondary N) is 1. The molecule has 1 aromatic heterocycles. The minimum absolute atomic E-state index is 0.0113. The molecule has 6 nitrogen and oxygen atoms in total. The molecule has 0 radical (unpaired) electrons. The Morgan fingerprint density at radius 1 is 1.19 bits per heavy atom. The zero-order valence-electron chi connectivity index (χ0n) is 17.8. The van der Waals surface area contributed by atoms with Crippen molar-refractivity contribution in [2.45, 2.75) is 31.7 Å². The van der Waals surface area contributed by atoms with E-state index in [0.717, 1.165) is 37.2 Å². The maximum Gasteiger partial charge on any atom is 0.220 e. The summed E-state index contributed by atoms with van der Waals surface area (Å²) in [6.07, 6.45) is 4.21. The van der Waals surface area contributed by atoms with Gasteiger partial charge >= 0.3 is 0 Å². The van der Waals surface area contributed by atoms with Gasteiger partial charge in [0.1, 0.15) is 5.75 Å². The number of nitrogens with zero attached hydrogens (tertiary/aromatic N) is 2. The van der Waals surface area contributed by atoms with Crippen molar-refractivity contribution in [3.8, 4) is 17.1 Å². The maximum atomic E-state index is 12.4. The summed E-state index contributed by atoms with van der Waals surface area (Å²) in [6.45, 7) is 1.81. The van der Waals surface area contributed by atoms with Gasteiger partial charge in [-0.25, -0.2) is 4.98 Å². The Kier molecular flexibility index (Phi) is 7.22. The molecule has 1 saturated heterocycles. The largest absolute Gasteiger partial charge is 0.497 e. The molecule has 2 aromatic carbocycles. The summed E-state index contributed by atoms with van der Waals surface area (Å²) in [5.41, 5.74) is 1.90. The van der Waals surface area contributed by atoms with Gasteiger partial charge in [-0.1, -0.05) is 23.2 Å². The fourth-order valence-corrected chi connectivity index (χ4v) is 4.34. The van der Waals surface area contributed by atoms with Crippen molar-refractivity contribution < 1.29 is 13.9 Å². The van der Waals surface area contributed by atoms with Crippen molar-refractivity contribution in [2.24, 2.45) is 0 Å². The molecule has 0 aliphatic carbocycles. The standard InChI is InChI=1S/C24H25Cl2N3O3/c1-31-19-5-3-18(4-6-19)29-12-10-17(11-13-29)28-23(30)8-9-24-27-15-22(32-24)20-7-2-16(25)14-21(20)26/h2-7,14-15,17H,8-13H2,1H3,(H,28,30). The second-order valence-corrected chi connectivity index (χ2v) is 8.61. The van der Waals surface area contributed by atoms with Crippen molar-refractivity contribution >= 4 is 34.8 Å². The minimum atomic E-state index is 0.0113. The second kappa shape index (κ2) is 10.3. The average Bonchev–Trinajstić information content (AvgIpc) is 3.27. The molecule has 1 aliphatic rings. The summed E-state index contributed by atoms with van der Waals surface area (Å²) in [6, 6.07) is 13.5. The van der Waals surface area contributed by atoms with Crippen LogP contribution in [0.2, 0.25) is 10.0 Å². The van der Waals surface area contributed by atoms with E-state index in [-0.39, 0.29) is 11.9 Å². The Morgan fingerprint density at radius 3 is 2.62 bits per heavy atom. The van der Waals surface area contributed by atoms with Crippen molar-refractivity contribution in [1.29, 1.82) is 0 Å². The van der Waals surface area contributed by atoms with Crippen LogP contribution in [0.15, 0.2) is 53.1 Å². The number of piperidine rings is 1. The van der Waals surface area contributed by atoms with Crippen LogP contribution in [-0.2, 0) is 11.2 Å². The van der Waals surface area contributed by atoms with E-state index in [2.05, 4.69) is 27.3 Å². The first-order chi connectivity index (χ1) is 15.5. The van der Waals surface area contributed by atoms with Gasteiger partial charge in [-0.3, -0.25) is 4.79 Å². The van der Waals surface area contributed by atoms with Crippen LogP contribution in [0, 0.1) is 0 Å². The lowest BCUT2D eigenvalue weighted by Gasteiger charge is -2.34. The lowest BCUT2D eigenvalue weighted by atomic mass is 10.0. The molecule has 2 heterocycles. The summed E-state index contributed by atoms with van der Waals surface area (Å²) in [5, 5.41) is 4.20. The molecule has 1 N–H and O–H groups in total. The Hall–Kier alpha value is -2.70. The van der Waals surface area contributed by atoms with E-state index in [1.165, 1.54) is 5.69 Å². The molecular formula is C24H25Cl2N3O3. The van der Waals surface area contributed by atoms with Gasteiger partial charge in [-0.05, 0) is 55.3 Å². The van der Waals surface area contributed by atoms with Gasteiger partial charge in [0, 0.05) is 48.2 Å². The molecule has 0 saturated carbocycles. The van der Waals surface area contributed by atoms with E-state index >= 15 is 0 Å². The molecule has 0 atom stereocenters. The molecule has 1 fully saturated rings. The van der Waals surface area contributed by atoms with Crippen LogP contribution in [0.3, 0.4) is 0 Å². The van der Waals surface area contributed by atoms with Crippen LogP contribution < -0.4 is 15.0 Å². The van der Waals surface area contributed by atoms with Crippen LogP contribution in [0.4, 0.5) is 5.69 Å². The number of anilines is 1. The van der Waals surface area contributed by atoms with Crippen LogP contribution in [0.1, 0.15) is 25.2 Å². The predicted octanol–water partition coefficient (Wildman–Crippen LogP) is 5.37. The third-order valence-corrected chi connectivity index (χ3v) is 6.16. The highest BCUT2D eigenvalue weighted by atomic mass is 35.5. The molecule has 168 valence electrons. The molecule has 0 bridgehead atoms. The van der Waals surface area contributed by atoms with Crippen LogP contribution in [0.25, 0.3) is 11.3 Å². The molecule has 3 aromatic rings. The van der Waals surface area contributed by atoms with E-state index in [4.69, 9.17) is 32.4 Å². The van der Waals surface area contributed by atoms with Gasteiger partial charge in [0.15, 0.2) is 11.7 Å². The Morgan fingerprint density at radius 2 is 1.94 bits per heavy atom. The summed E-state index contributed by atoms with van der Waals surface area (Å²) in [4.78, 5) is 19.0. The van der Waals surface area contributed by atoms with E-state index in [1.54, 1.807) is 31.5 Å². The number of methoxy groups -OCH3 is 1. The highest BCUT2D eigenvalue weighted by Gasteiger charge is 2.21. The first kappa shape index (κ1) is 22.5. The first-order valence-electron chi connectivity index (χ1n) is 10.6. The fraction of sp³-hybridized carbons (Fsp3) is 0.333. The van der Waals surface area contributed by atoms with Crippen molar-refractivity contribution in [3.05, 3.63) is 64.6 Å². The first-order valence-corrected chi connectivity index (χ1v) is 11.4. The van der Waals surface area contributed by atoms with Gasteiger partial charge in [0.05, 0.1) is 18.3 Å². The molecule has 32 heavy (non-hydrogen) atoms.